The number of pyridine rings is 2. The average Bonchev–Trinajstić information content (AvgIpc) is 3.45. The molecule has 4 N–H and O–H groups in total. The number of aryl methyl sites for hydroxylation is 1. The van der Waals surface area contributed by atoms with E-state index >= 15 is 0 Å². The number of hydrogen-bond acceptors (Lipinski definition) is 5. The van der Waals surface area contributed by atoms with Crippen molar-refractivity contribution in [3.63, 3.8) is 0 Å². The number of amides is 1. The van der Waals surface area contributed by atoms with Crippen LogP contribution in [0, 0.1) is 5.92 Å². The maximum absolute atomic E-state index is 11.7. The summed E-state index contributed by atoms with van der Waals surface area (Å²) in [5.41, 5.74) is 17.9. The second-order valence-corrected chi connectivity index (χ2v) is 7.96. The van der Waals surface area contributed by atoms with Gasteiger partial charge in [-0.25, -0.2) is 4.98 Å². The molecule has 5 rings (SSSR count). The van der Waals surface area contributed by atoms with Gasteiger partial charge in [0.2, 0.25) is 5.91 Å². The van der Waals surface area contributed by atoms with Gasteiger partial charge in [-0.2, -0.15) is 5.10 Å². The van der Waals surface area contributed by atoms with Gasteiger partial charge < -0.3 is 11.5 Å². The van der Waals surface area contributed by atoms with Crippen LogP contribution >= 0.6 is 0 Å². The van der Waals surface area contributed by atoms with Gasteiger partial charge in [-0.1, -0.05) is 18.2 Å². The zero-order valence-electron chi connectivity index (χ0n) is 16.7. The predicted octanol–water partition coefficient (Wildman–Crippen LogP) is 3.33. The van der Waals surface area contributed by atoms with Gasteiger partial charge in [0.1, 0.15) is 11.3 Å². The molecular weight excluding hydrogens is 376 g/mol. The second kappa shape index (κ2) is 6.95. The summed E-state index contributed by atoms with van der Waals surface area (Å²) in [6.45, 7) is 0. The summed E-state index contributed by atoms with van der Waals surface area (Å²) in [5.74, 6) is 0.544. The molecule has 1 aromatic carbocycles. The quantitative estimate of drug-likeness (QED) is 0.535. The molecule has 150 valence electrons. The maximum Gasteiger partial charge on any atom is 0.250 e. The molecule has 4 aromatic rings. The molecule has 0 atom stereocenters. The molecule has 3 aromatic heterocycles. The van der Waals surface area contributed by atoms with Crippen LogP contribution in [0.5, 0.6) is 0 Å². The zero-order chi connectivity index (χ0) is 20.8. The lowest BCUT2D eigenvalue weighted by atomic mass is 9.92. The molecule has 0 aliphatic heterocycles. The third-order valence-corrected chi connectivity index (χ3v) is 5.68. The first-order valence-corrected chi connectivity index (χ1v) is 9.96. The Balaban J connectivity index is 1.68. The monoisotopic (exact) mass is 398 g/mol. The molecular formula is C23H22N6O. The third-order valence-electron chi connectivity index (χ3n) is 5.68. The number of fused-ring (bicyclic) bond motifs is 1. The number of nitrogens with two attached hydrogens (primary N) is 2. The Hall–Kier alpha value is -3.74. The summed E-state index contributed by atoms with van der Waals surface area (Å²) in [6, 6.07) is 8.16. The van der Waals surface area contributed by atoms with Crippen molar-refractivity contribution in [2.45, 2.75) is 19.3 Å². The Morgan fingerprint density at radius 2 is 1.93 bits per heavy atom. The first-order valence-electron chi connectivity index (χ1n) is 9.96. The normalized spacial score (nSPS) is 13.6. The van der Waals surface area contributed by atoms with Crippen LogP contribution in [0.1, 0.15) is 28.8 Å². The molecule has 1 saturated carbocycles. The summed E-state index contributed by atoms with van der Waals surface area (Å²) in [4.78, 5) is 20.4. The molecule has 1 fully saturated rings. The molecule has 0 spiro atoms. The van der Waals surface area contributed by atoms with E-state index < -0.39 is 5.91 Å². The van der Waals surface area contributed by atoms with E-state index in [0.29, 0.717) is 16.9 Å². The number of nitrogens with zero attached hydrogens (tertiary/aromatic N) is 4. The molecule has 0 unspecified atom stereocenters. The van der Waals surface area contributed by atoms with Gasteiger partial charge in [0.25, 0.3) is 0 Å². The van der Waals surface area contributed by atoms with E-state index in [4.69, 9.17) is 11.5 Å². The van der Waals surface area contributed by atoms with Crippen molar-refractivity contribution in [2.24, 2.45) is 18.7 Å². The molecule has 7 heteroatoms. The summed E-state index contributed by atoms with van der Waals surface area (Å²) >= 11 is 0. The van der Waals surface area contributed by atoms with E-state index in [1.165, 1.54) is 30.2 Å². The molecule has 0 saturated heterocycles. The lowest BCUT2D eigenvalue weighted by molar-refractivity contribution is 0.1000. The largest absolute Gasteiger partial charge is 0.382 e. The lowest BCUT2D eigenvalue weighted by Crippen LogP contribution is -2.11. The smallest absolute Gasteiger partial charge is 0.250 e. The molecule has 3 heterocycles. The number of primary amides is 1. The summed E-state index contributed by atoms with van der Waals surface area (Å²) in [7, 11) is 1.92. The predicted molar refractivity (Wildman–Crippen MR) is 117 cm³/mol. The van der Waals surface area contributed by atoms with Crippen LogP contribution in [0.15, 0.2) is 49.1 Å². The van der Waals surface area contributed by atoms with Crippen molar-refractivity contribution in [1.29, 1.82) is 0 Å². The number of benzene rings is 1. The van der Waals surface area contributed by atoms with Gasteiger partial charge in [0, 0.05) is 42.2 Å². The molecule has 1 amide bonds. The Morgan fingerprint density at radius 1 is 1.10 bits per heavy atom. The van der Waals surface area contributed by atoms with Crippen LogP contribution in [0.4, 0.5) is 5.82 Å². The minimum atomic E-state index is -0.521. The minimum absolute atomic E-state index is 0.329. The fourth-order valence-corrected chi connectivity index (χ4v) is 3.91. The van der Waals surface area contributed by atoms with E-state index in [1.54, 1.807) is 12.3 Å². The van der Waals surface area contributed by atoms with Gasteiger partial charge in [0.15, 0.2) is 0 Å². The number of aromatic nitrogens is 4. The van der Waals surface area contributed by atoms with Crippen molar-refractivity contribution in [1.82, 2.24) is 19.7 Å². The van der Waals surface area contributed by atoms with Crippen LogP contribution in [0.3, 0.4) is 0 Å². The number of hydrogen-bond donors (Lipinski definition) is 2. The zero-order valence-corrected chi connectivity index (χ0v) is 16.7. The van der Waals surface area contributed by atoms with E-state index in [1.807, 2.05) is 24.1 Å². The molecule has 30 heavy (non-hydrogen) atoms. The fourth-order valence-electron chi connectivity index (χ4n) is 3.91. The second-order valence-electron chi connectivity index (χ2n) is 7.96. The topological polar surface area (TPSA) is 113 Å². The number of carbonyl (C=O) groups excluding carboxylic acids is 1. The number of carbonyl (C=O) groups is 1. The Bertz CT molecular complexity index is 1290. The van der Waals surface area contributed by atoms with Gasteiger partial charge in [0.05, 0.1) is 11.8 Å². The van der Waals surface area contributed by atoms with Crippen LogP contribution < -0.4 is 11.5 Å². The highest BCUT2D eigenvalue weighted by atomic mass is 16.1. The highest BCUT2D eigenvalue weighted by molar-refractivity contribution is 6.03. The van der Waals surface area contributed by atoms with E-state index in [9.17, 15) is 4.79 Å². The lowest BCUT2D eigenvalue weighted by Gasteiger charge is -2.13. The fraction of sp³-hybridized carbons (Fsp3) is 0.217. The van der Waals surface area contributed by atoms with Crippen molar-refractivity contribution >= 4 is 22.6 Å². The SMILES string of the molecule is Cn1cc(-c2ccc(-c3cnc(N)c4ncc(C(N)=O)cc34)cc2CC2CC2)cn1. The van der Waals surface area contributed by atoms with Crippen molar-refractivity contribution in [3.05, 3.63) is 60.2 Å². The number of nitrogen functional groups attached to an aromatic ring is 1. The molecule has 7 nitrogen and oxygen atoms in total. The Morgan fingerprint density at radius 3 is 2.63 bits per heavy atom. The van der Waals surface area contributed by atoms with Crippen molar-refractivity contribution in [2.75, 3.05) is 5.73 Å². The number of anilines is 1. The van der Waals surface area contributed by atoms with Gasteiger partial charge in [-0.05, 0) is 47.9 Å². The average molecular weight is 398 g/mol. The Kier molecular flexibility index (Phi) is 4.24. The summed E-state index contributed by atoms with van der Waals surface area (Å²) < 4.78 is 1.82. The van der Waals surface area contributed by atoms with Gasteiger partial charge >= 0.3 is 0 Å². The first kappa shape index (κ1) is 18.3. The summed E-state index contributed by atoms with van der Waals surface area (Å²) in [6.07, 6.45) is 10.7. The highest BCUT2D eigenvalue weighted by Crippen LogP contribution is 2.38. The maximum atomic E-state index is 11.7. The van der Waals surface area contributed by atoms with Crippen LogP contribution in [-0.4, -0.2) is 25.7 Å². The van der Waals surface area contributed by atoms with Crippen LogP contribution in [-0.2, 0) is 13.5 Å². The van der Waals surface area contributed by atoms with Crippen LogP contribution in [0.2, 0.25) is 0 Å². The van der Waals surface area contributed by atoms with Gasteiger partial charge in [-0.3, -0.25) is 14.5 Å². The van der Waals surface area contributed by atoms with Crippen molar-refractivity contribution in [3.8, 4) is 22.3 Å². The van der Waals surface area contributed by atoms with Crippen molar-refractivity contribution < 1.29 is 4.79 Å². The van der Waals surface area contributed by atoms with E-state index in [-0.39, 0.29) is 0 Å². The highest BCUT2D eigenvalue weighted by Gasteiger charge is 2.24. The number of rotatable bonds is 5. The third kappa shape index (κ3) is 3.28. The molecule has 0 radical (unpaired) electrons. The van der Waals surface area contributed by atoms with E-state index in [2.05, 4.69) is 33.3 Å². The van der Waals surface area contributed by atoms with E-state index in [0.717, 1.165) is 34.4 Å². The molecule has 1 aliphatic rings. The molecule has 1 aliphatic carbocycles. The molecule has 0 bridgehead atoms. The standard InChI is InChI=1S/C23H22N6O/c1-29-12-17(10-28-29)18-5-4-14(7-15(18)6-13-2-3-13)20-11-27-22(24)21-19(20)8-16(9-26-21)23(25)30/h4-5,7-13H,2-3,6H2,1H3,(H2,24,27)(H2,25,30). The summed E-state index contributed by atoms with van der Waals surface area (Å²) in [5, 5.41) is 5.10. The Labute approximate surface area is 173 Å². The van der Waals surface area contributed by atoms with Gasteiger partial charge in [-0.15, -0.1) is 0 Å². The minimum Gasteiger partial charge on any atom is -0.382 e. The van der Waals surface area contributed by atoms with Crippen LogP contribution in [0.25, 0.3) is 33.2 Å². The first-order chi connectivity index (χ1) is 14.5.